The van der Waals surface area contributed by atoms with Crippen molar-refractivity contribution in [1.29, 1.82) is 0 Å². The van der Waals surface area contributed by atoms with E-state index in [2.05, 4.69) is 19.2 Å². The highest BCUT2D eigenvalue weighted by Crippen LogP contribution is 2.21. The quantitative estimate of drug-likeness (QED) is 0.442. The molecule has 0 atom stereocenters. The van der Waals surface area contributed by atoms with Crippen LogP contribution in [0.25, 0.3) is 16.5 Å². The van der Waals surface area contributed by atoms with Crippen LogP contribution in [0, 0.1) is 0 Å². The van der Waals surface area contributed by atoms with Crippen LogP contribution >= 0.6 is 11.6 Å². The van der Waals surface area contributed by atoms with Crippen LogP contribution in [-0.4, -0.2) is 10.5 Å². The second-order valence-corrected chi connectivity index (χ2v) is 7.91. The smallest absolute Gasteiger partial charge is 0.262 e. The third-order valence-corrected chi connectivity index (χ3v) is 5.36. The van der Waals surface area contributed by atoms with Gasteiger partial charge in [-0.3, -0.25) is 14.2 Å². The SMILES string of the molecule is CC(C)c1ccc(NC(=O)c2cn(-c3ccc(Cl)cc3)c(=O)c3ccccc23)cc1. The Morgan fingerprint density at radius 1 is 0.900 bits per heavy atom. The van der Waals surface area contributed by atoms with E-state index >= 15 is 0 Å². The highest BCUT2D eigenvalue weighted by molar-refractivity contribution is 6.30. The van der Waals surface area contributed by atoms with Crippen LogP contribution in [0.3, 0.4) is 0 Å². The summed E-state index contributed by atoms with van der Waals surface area (Å²) in [5.74, 6) is 0.146. The van der Waals surface area contributed by atoms with E-state index < -0.39 is 0 Å². The molecule has 1 aromatic heterocycles. The number of nitrogens with zero attached hydrogens (tertiary/aromatic N) is 1. The molecule has 0 aliphatic carbocycles. The summed E-state index contributed by atoms with van der Waals surface area (Å²) >= 11 is 5.99. The van der Waals surface area contributed by atoms with E-state index in [0.717, 1.165) is 0 Å². The Bertz CT molecular complexity index is 1270. The lowest BCUT2D eigenvalue weighted by Crippen LogP contribution is -2.22. The summed E-state index contributed by atoms with van der Waals surface area (Å²) in [5.41, 5.74) is 2.79. The van der Waals surface area contributed by atoms with E-state index in [-0.39, 0.29) is 11.5 Å². The molecule has 0 radical (unpaired) electrons. The van der Waals surface area contributed by atoms with Crippen molar-refractivity contribution in [3.05, 3.63) is 105 Å². The fourth-order valence-electron chi connectivity index (χ4n) is 3.42. The lowest BCUT2D eigenvalue weighted by atomic mass is 10.0. The predicted molar refractivity (Wildman–Crippen MR) is 123 cm³/mol. The summed E-state index contributed by atoms with van der Waals surface area (Å²) in [5, 5.41) is 4.62. The molecule has 1 heterocycles. The van der Waals surface area contributed by atoms with Gasteiger partial charge in [-0.15, -0.1) is 0 Å². The molecule has 0 spiro atoms. The molecule has 0 saturated carbocycles. The third kappa shape index (κ3) is 3.87. The van der Waals surface area contributed by atoms with Gasteiger partial charge in [-0.2, -0.15) is 0 Å². The Hall–Kier alpha value is -3.37. The van der Waals surface area contributed by atoms with Gasteiger partial charge in [0.1, 0.15) is 0 Å². The van der Waals surface area contributed by atoms with Gasteiger partial charge in [-0.05, 0) is 53.9 Å². The van der Waals surface area contributed by atoms with E-state index in [1.54, 1.807) is 48.7 Å². The maximum absolute atomic E-state index is 13.1. The molecule has 150 valence electrons. The molecular formula is C25H21ClN2O2. The van der Waals surface area contributed by atoms with E-state index in [4.69, 9.17) is 11.6 Å². The molecule has 0 aliphatic rings. The normalized spacial score (nSPS) is 11.1. The summed E-state index contributed by atoms with van der Waals surface area (Å²) in [7, 11) is 0. The second-order valence-electron chi connectivity index (χ2n) is 7.47. The molecule has 30 heavy (non-hydrogen) atoms. The van der Waals surface area contributed by atoms with Gasteiger partial charge in [0, 0.05) is 33.4 Å². The Labute approximate surface area is 179 Å². The number of hydrogen-bond acceptors (Lipinski definition) is 2. The molecule has 0 aliphatic heterocycles. The van der Waals surface area contributed by atoms with Crippen molar-refractivity contribution in [2.75, 3.05) is 5.32 Å². The van der Waals surface area contributed by atoms with E-state index in [1.807, 2.05) is 30.3 Å². The fraction of sp³-hybridized carbons (Fsp3) is 0.120. The summed E-state index contributed by atoms with van der Waals surface area (Å²) < 4.78 is 1.48. The zero-order valence-electron chi connectivity index (χ0n) is 16.7. The molecule has 4 rings (SSSR count). The van der Waals surface area contributed by atoms with Gasteiger partial charge in [0.15, 0.2) is 0 Å². The Morgan fingerprint density at radius 3 is 2.17 bits per heavy atom. The van der Waals surface area contributed by atoms with Gasteiger partial charge < -0.3 is 5.32 Å². The number of hydrogen-bond donors (Lipinski definition) is 1. The number of amides is 1. The number of fused-ring (bicyclic) bond motifs is 1. The number of carbonyl (C=O) groups excluding carboxylic acids is 1. The van der Waals surface area contributed by atoms with Crippen LogP contribution < -0.4 is 10.9 Å². The molecular weight excluding hydrogens is 396 g/mol. The van der Waals surface area contributed by atoms with Crippen LogP contribution in [0.4, 0.5) is 5.69 Å². The van der Waals surface area contributed by atoms with Gasteiger partial charge in [0.05, 0.1) is 5.56 Å². The molecule has 3 aromatic carbocycles. The average molecular weight is 417 g/mol. The molecule has 5 heteroatoms. The van der Waals surface area contributed by atoms with Crippen LogP contribution in [0.2, 0.25) is 5.02 Å². The van der Waals surface area contributed by atoms with Crippen molar-refractivity contribution in [3.63, 3.8) is 0 Å². The summed E-state index contributed by atoms with van der Waals surface area (Å²) in [6, 6.07) is 21.9. The number of nitrogens with one attached hydrogen (secondary N) is 1. The maximum atomic E-state index is 13.1. The first kappa shape index (κ1) is 19.9. The fourth-order valence-corrected chi connectivity index (χ4v) is 3.54. The number of anilines is 1. The van der Waals surface area contributed by atoms with Crippen LogP contribution in [-0.2, 0) is 0 Å². The van der Waals surface area contributed by atoms with E-state index in [9.17, 15) is 9.59 Å². The number of halogens is 1. The van der Waals surface area contributed by atoms with Crippen LogP contribution in [0.1, 0.15) is 35.7 Å². The molecule has 4 nitrogen and oxygen atoms in total. The number of aromatic nitrogens is 1. The minimum atomic E-state index is -0.272. The monoisotopic (exact) mass is 416 g/mol. The summed E-state index contributed by atoms with van der Waals surface area (Å²) in [4.78, 5) is 26.2. The zero-order chi connectivity index (χ0) is 21.3. The highest BCUT2D eigenvalue weighted by Gasteiger charge is 2.16. The van der Waals surface area contributed by atoms with Crippen molar-refractivity contribution in [2.24, 2.45) is 0 Å². The van der Waals surface area contributed by atoms with Gasteiger partial charge in [-0.1, -0.05) is 55.8 Å². The van der Waals surface area contributed by atoms with Crippen LogP contribution in [0.15, 0.2) is 83.8 Å². The Kier molecular flexibility index (Phi) is 5.42. The molecule has 0 unspecified atom stereocenters. The Balaban J connectivity index is 1.79. The second kappa shape index (κ2) is 8.17. The first-order valence-corrected chi connectivity index (χ1v) is 10.1. The number of carbonyl (C=O) groups is 1. The topological polar surface area (TPSA) is 51.1 Å². The standard InChI is InChI=1S/C25H21ClN2O2/c1-16(2)17-7-11-19(12-8-17)27-24(29)23-15-28(20-13-9-18(26)10-14-20)25(30)22-6-4-3-5-21(22)23/h3-16H,1-2H3,(H,27,29). The van der Waals surface area contributed by atoms with Gasteiger partial charge >= 0.3 is 0 Å². The summed E-state index contributed by atoms with van der Waals surface area (Å²) in [6.07, 6.45) is 1.59. The minimum Gasteiger partial charge on any atom is -0.322 e. The molecule has 1 N–H and O–H groups in total. The number of rotatable bonds is 4. The number of pyridine rings is 1. The summed E-state index contributed by atoms with van der Waals surface area (Å²) in [6.45, 7) is 4.25. The molecule has 0 bridgehead atoms. The lowest BCUT2D eigenvalue weighted by Gasteiger charge is -2.13. The average Bonchev–Trinajstić information content (AvgIpc) is 2.75. The van der Waals surface area contributed by atoms with E-state index in [1.165, 1.54) is 10.1 Å². The van der Waals surface area contributed by atoms with Crippen molar-refractivity contribution >= 4 is 34.0 Å². The van der Waals surface area contributed by atoms with Gasteiger partial charge in [0.25, 0.3) is 11.5 Å². The third-order valence-electron chi connectivity index (χ3n) is 5.11. The maximum Gasteiger partial charge on any atom is 0.262 e. The number of benzene rings is 3. The van der Waals surface area contributed by atoms with Gasteiger partial charge in [-0.25, -0.2) is 0 Å². The zero-order valence-corrected chi connectivity index (χ0v) is 17.5. The van der Waals surface area contributed by atoms with Crippen LogP contribution in [0.5, 0.6) is 0 Å². The minimum absolute atomic E-state index is 0.189. The molecule has 1 amide bonds. The largest absolute Gasteiger partial charge is 0.322 e. The first-order chi connectivity index (χ1) is 14.4. The Morgan fingerprint density at radius 2 is 1.53 bits per heavy atom. The van der Waals surface area contributed by atoms with E-state index in [0.29, 0.717) is 38.7 Å². The van der Waals surface area contributed by atoms with Crippen molar-refractivity contribution in [1.82, 2.24) is 4.57 Å². The highest BCUT2D eigenvalue weighted by atomic mass is 35.5. The molecule has 4 aromatic rings. The van der Waals surface area contributed by atoms with Crippen molar-refractivity contribution in [2.45, 2.75) is 19.8 Å². The molecule has 0 fully saturated rings. The first-order valence-electron chi connectivity index (χ1n) is 9.75. The van der Waals surface area contributed by atoms with Crippen molar-refractivity contribution in [3.8, 4) is 5.69 Å². The van der Waals surface area contributed by atoms with Crippen molar-refractivity contribution < 1.29 is 4.79 Å². The predicted octanol–water partition coefficient (Wildman–Crippen LogP) is 6.02. The lowest BCUT2D eigenvalue weighted by molar-refractivity contribution is 0.102. The van der Waals surface area contributed by atoms with Gasteiger partial charge in [0.2, 0.25) is 0 Å². The molecule has 0 saturated heterocycles.